The van der Waals surface area contributed by atoms with Gasteiger partial charge in [-0.2, -0.15) is 0 Å². The molecule has 16 rings (SSSR count). The first-order chi connectivity index (χ1) is 45.5. The number of para-hydroxylation sites is 9. The van der Waals surface area contributed by atoms with Gasteiger partial charge in [-0.25, -0.2) is 15.0 Å². The van der Waals surface area contributed by atoms with Crippen LogP contribution >= 0.6 is 0 Å². The fourth-order valence-corrected chi connectivity index (χ4v) is 10.6. The molecule has 0 saturated heterocycles. The van der Waals surface area contributed by atoms with Crippen molar-refractivity contribution >= 4 is 62.3 Å². The summed E-state index contributed by atoms with van der Waals surface area (Å²) in [5.74, 6) is 3.39. The summed E-state index contributed by atoms with van der Waals surface area (Å²) in [5, 5.41) is 14.0. The van der Waals surface area contributed by atoms with Gasteiger partial charge in [0.1, 0.15) is 23.2 Å². The summed E-state index contributed by atoms with van der Waals surface area (Å²) >= 11 is 0. The molecule has 0 atom stereocenters. The summed E-state index contributed by atoms with van der Waals surface area (Å²) in [6.45, 7) is 12.2. The van der Waals surface area contributed by atoms with Gasteiger partial charge in [0.15, 0.2) is 0 Å². The van der Waals surface area contributed by atoms with Crippen molar-refractivity contribution in [3.05, 3.63) is 360 Å². The number of hydrogen-bond donors (Lipinski definition) is 1. The molecule has 3 heterocycles. The normalized spacial score (nSPS) is 9.91. The second-order valence-electron chi connectivity index (χ2n) is 21.0. The molecule has 1 N–H and O–H groups in total. The molecule has 0 bridgehead atoms. The molecule has 0 aliphatic rings. The zero-order valence-corrected chi connectivity index (χ0v) is 61.7. The molecule has 3 aromatic heterocycles. The number of imidazole rings is 3. The number of benzene rings is 13. The second kappa shape index (κ2) is 39.0. The zero-order valence-electron chi connectivity index (χ0n) is 56.0. The van der Waals surface area contributed by atoms with Crippen LogP contribution in [-0.4, -0.2) is 41.4 Å². The van der Waals surface area contributed by atoms with E-state index < -0.39 is 0 Å². The van der Waals surface area contributed by atoms with Gasteiger partial charge in [-0.1, -0.05) is 275 Å². The average Bonchev–Trinajstić information content (AvgIpc) is 1.64. The summed E-state index contributed by atoms with van der Waals surface area (Å²) in [5.41, 5.74) is 15.4. The summed E-state index contributed by atoms with van der Waals surface area (Å²) in [6, 6.07) is 114. The minimum Gasteiger partial charge on any atom is -0.537 e. The second-order valence-corrected chi connectivity index (χ2v) is 21.0. The molecule has 11 heteroatoms. The molecular weight excluding hydrogens is 1330 g/mol. The largest absolute Gasteiger partial charge is 0.569 e. The van der Waals surface area contributed by atoms with E-state index in [2.05, 4.69) is 276 Å². The molecule has 8 nitrogen and oxygen atoms in total. The van der Waals surface area contributed by atoms with E-state index in [0.717, 1.165) is 84.3 Å². The molecule has 0 aliphatic carbocycles. The minimum absolute atomic E-state index is 0. The SMILES string of the molecule is CC.CC.Cc1ccc(-c2nc3ccccc3n2-c2ccccc2)cc1.Cc1ccc(-c2nc3ccccc3n2-c2ccccc2)cc1.O[B]Oc1ccc(-c2nc3ccccc3n2-c2ccccc2)cc1.[CH3-].[CH3-].[Y].[Y].c1ccc2ccccc2c1.c1ccc2ccccc2c1. The summed E-state index contributed by atoms with van der Waals surface area (Å²) < 4.78 is 11.6. The average molecular weight is 1410 g/mol. The van der Waals surface area contributed by atoms with Crippen LogP contribution in [0.2, 0.25) is 0 Å². The summed E-state index contributed by atoms with van der Waals surface area (Å²) in [4.78, 5) is 14.5. The van der Waals surface area contributed by atoms with E-state index in [9.17, 15) is 0 Å². The van der Waals surface area contributed by atoms with Crippen molar-refractivity contribution in [3.8, 4) is 57.0 Å². The van der Waals surface area contributed by atoms with Gasteiger partial charge in [0.2, 0.25) is 0 Å². The van der Waals surface area contributed by atoms with Gasteiger partial charge in [0.05, 0.1) is 33.1 Å². The molecule has 13 aromatic carbocycles. The number of aromatic nitrogens is 6. The molecule has 0 saturated carbocycles. The van der Waals surface area contributed by atoms with Crippen LogP contribution < -0.4 is 4.65 Å². The minimum atomic E-state index is 0. The Kier molecular flexibility index (Phi) is 30.8. The van der Waals surface area contributed by atoms with E-state index in [1.165, 1.54) is 32.7 Å². The first-order valence-electron chi connectivity index (χ1n) is 31.3. The van der Waals surface area contributed by atoms with Crippen LogP contribution in [0.15, 0.2) is 334 Å². The van der Waals surface area contributed by atoms with Gasteiger partial charge in [-0.3, -0.25) is 13.7 Å². The maximum absolute atomic E-state index is 8.73. The summed E-state index contributed by atoms with van der Waals surface area (Å²) in [7, 11) is 0.675. The Morgan fingerprint density at radius 2 is 0.500 bits per heavy atom. The van der Waals surface area contributed by atoms with Crippen molar-refractivity contribution < 1.29 is 75.1 Å². The standard InChI is InChI=1S/2C20H16N2.C19H14BN2O2.2C10H8.2C2H6.2CH3.2Y/c2*1-15-11-13-16(14-12-15)20-21-18-9-5-6-10-19(18)22(20)17-7-3-2-4-8-17;23-20-24-16-12-10-14(11-13-16)19-21-17-8-4-5-9-18(17)22(19)15-6-2-1-3-7-15;2*1-2-6-10-8-4-3-7-9(10)5-1;2*1-2;;;;/h2*2-14H,1H3;1-13,23H;2*1-8H;2*1-2H3;2*1H3;;/q;;;;;;;2*-1;;. The molecule has 473 valence electrons. The Balaban J connectivity index is 0.000000192. The predicted octanol–water partition coefficient (Wildman–Crippen LogP) is 22.2. The third-order valence-corrected chi connectivity index (χ3v) is 15.0. The van der Waals surface area contributed by atoms with E-state index in [0.29, 0.717) is 13.4 Å². The third kappa shape index (κ3) is 19.1. The van der Waals surface area contributed by atoms with Gasteiger partial charge in [0, 0.05) is 99.2 Å². The van der Waals surface area contributed by atoms with E-state index in [4.69, 9.17) is 24.6 Å². The van der Waals surface area contributed by atoms with Crippen LogP contribution in [0.3, 0.4) is 0 Å². The van der Waals surface area contributed by atoms with Crippen LogP contribution in [0.25, 0.3) is 106 Å². The number of hydrogen-bond acceptors (Lipinski definition) is 5. The molecule has 0 amide bonds. The van der Waals surface area contributed by atoms with Crippen molar-refractivity contribution in [1.82, 2.24) is 28.7 Å². The zero-order chi connectivity index (χ0) is 63.9. The molecule has 0 fully saturated rings. The molecule has 16 aromatic rings. The van der Waals surface area contributed by atoms with Gasteiger partial charge in [-0.15, -0.1) is 0 Å². The van der Waals surface area contributed by atoms with Gasteiger partial charge < -0.3 is 24.5 Å². The number of rotatable bonds is 8. The molecule has 0 unspecified atom stereocenters. The van der Waals surface area contributed by atoms with Gasteiger partial charge >= 0.3 is 7.69 Å². The monoisotopic (exact) mass is 1410 g/mol. The quantitative estimate of drug-likeness (QED) is 0.121. The fraction of sp³-hybridized carbons (Fsp3) is 0.0706. The van der Waals surface area contributed by atoms with E-state index in [-0.39, 0.29) is 80.3 Å². The molecule has 0 aliphatic heterocycles. The van der Waals surface area contributed by atoms with Crippen molar-refractivity contribution in [2.24, 2.45) is 0 Å². The maximum Gasteiger partial charge on any atom is 0.569 e. The van der Waals surface area contributed by atoms with Crippen LogP contribution in [0.1, 0.15) is 38.8 Å². The maximum atomic E-state index is 8.73. The van der Waals surface area contributed by atoms with E-state index in [1.54, 1.807) is 12.1 Å². The van der Waals surface area contributed by atoms with Crippen molar-refractivity contribution in [1.29, 1.82) is 0 Å². The smallest absolute Gasteiger partial charge is 0.537 e. The Morgan fingerprint density at radius 3 is 0.750 bits per heavy atom. The molecule has 3 radical (unpaired) electrons. The topological polar surface area (TPSA) is 82.9 Å². The van der Waals surface area contributed by atoms with Crippen molar-refractivity contribution in [2.75, 3.05) is 0 Å². The molecule has 0 spiro atoms. The van der Waals surface area contributed by atoms with Crippen LogP contribution in [-0.2, 0) is 65.4 Å². The van der Waals surface area contributed by atoms with Crippen LogP contribution in [0.5, 0.6) is 5.75 Å². The van der Waals surface area contributed by atoms with Gasteiger partial charge in [-0.05, 0) is 132 Å². The Hall–Kier alpha value is -9.18. The molecule has 96 heavy (non-hydrogen) atoms. The number of aryl methyl sites for hydroxylation is 2. The Bertz CT molecular complexity index is 4530. The Labute approximate surface area is 618 Å². The number of nitrogens with zero attached hydrogens (tertiary/aromatic N) is 6. The molecular formula is C85H80BN6O2Y2-2. The van der Waals surface area contributed by atoms with Crippen LogP contribution in [0.4, 0.5) is 0 Å². The fourth-order valence-electron chi connectivity index (χ4n) is 10.6. The van der Waals surface area contributed by atoms with Crippen LogP contribution in [0, 0.1) is 28.7 Å². The predicted molar refractivity (Wildman–Crippen MR) is 401 cm³/mol. The number of fused-ring (bicyclic) bond motifs is 5. The van der Waals surface area contributed by atoms with E-state index in [1.807, 2.05) is 100 Å². The van der Waals surface area contributed by atoms with Gasteiger partial charge in [0.25, 0.3) is 0 Å². The van der Waals surface area contributed by atoms with Crippen molar-refractivity contribution in [3.63, 3.8) is 0 Å². The third-order valence-electron chi connectivity index (χ3n) is 15.0. The Morgan fingerprint density at radius 1 is 0.281 bits per heavy atom. The van der Waals surface area contributed by atoms with Crippen molar-refractivity contribution in [2.45, 2.75) is 41.5 Å². The first kappa shape index (κ1) is 75.8. The van der Waals surface area contributed by atoms with E-state index >= 15 is 0 Å². The first-order valence-corrected chi connectivity index (χ1v) is 31.3. The summed E-state index contributed by atoms with van der Waals surface area (Å²) in [6.07, 6.45) is 0.